The highest BCUT2D eigenvalue weighted by molar-refractivity contribution is 5.74. The summed E-state index contributed by atoms with van der Waals surface area (Å²) in [5.41, 5.74) is 9.88. The molecule has 0 bridgehead atoms. The number of rotatable bonds is 4. The summed E-state index contributed by atoms with van der Waals surface area (Å²) < 4.78 is 4.68. The molecule has 0 radical (unpaired) electrons. The van der Waals surface area contributed by atoms with Crippen molar-refractivity contribution in [1.29, 1.82) is 0 Å². The van der Waals surface area contributed by atoms with E-state index in [-0.39, 0.29) is 5.97 Å². The van der Waals surface area contributed by atoms with Crippen molar-refractivity contribution in [3.05, 3.63) is 59.7 Å². The molecule has 0 unspecified atom stereocenters. The third-order valence-electron chi connectivity index (χ3n) is 3.00. The molecule has 0 saturated heterocycles. The van der Waals surface area contributed by atoms with Crippen molar-refractivity contribution in [2.45, 2.75) is 13.0 Å². The highest BCUT2D eigenvalue weighted by Gasteiger charge is 2.05. The fourth-order valence-electron chi connectivity index (χ4n) is 1.98. The van der Waals surface area contributed by atoms with Crippen LogP contribution in [0.5, 0.6) is 0 Å². The number of hydrogen-bond acceptors (Lipinski definition) is 3. The second kappa shape index (κ2) is 6.16. The lowest BCUT2D eigenvalue weighted by molar-refractivity contribution is -0.139. The zero-order valence-corrected chi connectivity index (χ0v) is 10.9. The summed E-state index contributed by atoms with van der Waals surface area (Å²) in [4.78, 5) is 11.3. The quantitative estimate of drug-likeness (QED) is 0.854. The van der Waals surface area contributed by atoms with E-state index < -0.39 is 0 Å². The van der Waals surface area contributed by atoms with E-state index in [4.69, 9.17) is 5.73 Å². The van der Waals surface area contributed by atoms with Crippen LogP contribution in [0.2, 0.25) is 0 Å². The van der Waals surface area contributed by atoms with Crippen LogP contribution in [0.3, 0.4) is 0 Å². The second-order valence-electron chi connectivity index (χ2n) is 4.36. The van der Waals surface area contributed by atoms with Gasteiger partial charge in [-0.25, -0.2) is 0 Å². The van der Waals surface area contributed by atoms with Gasteiger partial charge in [-0.1, -0.05) is 42.5 Å². The van der Waals surface area contributed by atoms with Gasteiger partial charge in [0, 0.05) is 6.54 Å². The van der Waals surface area contributed by atoms with E-state index in [1.165, 1.54) is 7.11 Å². The molecule has 2 aromatic carbocycles. The summed E-state index contributed by atoms with van der Waals surface area (Å²) in [5.74, 6) is -0.229. The summed E-state index contributed by atoms with van der Waals surface area (Å²) >= 11 is 0. The number of hydrogen-bond donors (Lipinski definition) is 1. The van der Waals surface area contributed by atoms with Crippen LogP contribution in [0.4, 0.5) is 0 Å². The fourth-order valence-corrected chi connectivity index (χ4v) is 1.98. The average Bonchev–Trinajstić information content (AvgIpc) is 2.47. The third kappa shape index (κ3) is 3.42. The first-order valence-corrected chi connectivity index (χ1v) is 6.18. The molecular formula is C16H17NO2. The molecule has 0 aliphatic carbocycles. The Labute approximate surface area is 113 Å². The molecule has 3 nitrogen and oxygen atoms in total. The van der Waals surface area contributed by atoms with Gasteiger partial charge in [-0.05, 0) is 28.3 Å². The molecule has 3 heteroatoms. The first kappa shape index (κ1) is 13.3. The Morgan fingerprint density at radius 1 is 1.05 bits per heavy atom. The van der Waals surface area contributed by atoms with Crippen LogP contribution in [0.25, 0.3) is 11.1 Å². The zero-order valence-electron chi connectivity index (χ0n) is 10.9. The van der Waals surface area contributed by atoms with E-state index in [1.54, 1.807) is 0 Å². The minimum absolute atomic E-state index is 0.229. The van der Waals surface area contributed by atoms with Gasteiger partial charge >= 0.3 is 5.97 Å². The predicted molar refractivity (Wildman–Crippen MR) is 75.5 cm³/mol. The maximum atomic E-state index is 11.3. The lowest BCUT2D eigenvalue weighted by Gasteiger charge is -2.06. The molecule has 2 aromatic rings. The van der Waals surface area contributed by atoms with Crippen LogP contribution in [0, 0.1) is 0 Å². The van der Waals surface area contributed by atoms with Crippen LogP contribution >= 0.6 is 0 Å². The molecule has 0 heterocycles. The van der Waals surface area contributed by atoms with Gasteiger partial charge in [0.15, 0.2) is 0 Å². The number of methoxy groups -OCH3 is 1. The molecule has 98 valence electrons. The molecule has 0 amide bonds. The molecule has 0 aliphatic rings. The predicted octanol–water partition coefficient (Wildman–Crippen LogP) is 2.53. The summed E-state index contributed by atoms with van der Waals surface area (Å²) in [6, 6.07) is 16.0. The highest BCUT2D eigenvalue weighted by Crippen LogP contribution is 2.21. The Morgan fingerprint density at radius 3 is 2.21 bits per heavy atom. The Hall–Kier alpha value is -2.13. The largest absolute Gasteiger partial charge is 0.469 e. The van der Waals surface area contributed by atoms with Gasteiger partial charge in [0.2, 0.25) is 0 Å². The average molecular weight is 255 g/mol. The van der Waals surface area contributed by atoms with Gasteiger partial charge in [0.25, 0.3) is 0 Å². The molecule has 0 atom stereocenters. The standard InChI is InChI=1S/C16H17NO2/c1-19-16(18)10-12-4-2-6-14(8-12)15-7-3-5-13(9-15)11-17/h2-9H,10-11,17H2,1H3. The van der Waals surface area contributed by atoms with E-state index in [0.29, 0.717) is 13.0 Å². The normalized spacial score (nSPS) is 10.2. The fraction of sp³-hybridized carbons (Fsp3) is 0.188. The molecule has 0 fully saturated rings. The molecule has 19 heavy (non-hydrogen) atoms. The van der Waals surface area contributed by atoms with Crippen molar-refractivity contribution in [3.8, 4) is 11.1 Å². The SMILES string of the molecule is COC(=O)Cc1cccc(-c2cccc(CN)c2)c1. The molecule has 0 aliphatic heterocycles. The molecule has 0 aromatic heterocycles. The Morgan fingerprint density at radius 2 is 1.63 bits per heavy atom. The van der Waals surface area contributed by atoms with Crippen LogP contribution in [-0.4, -0.2) is 13.1 Å². The van der Waals surface area contributed by atoms with Crippen molar-refractivity contribution < 1.29 is 9.53 Å². The smallest absolute Gasteiger partial charge is 0.309 e. The summed E-state index contributed by atoms with van der Waals surface area (Å²) in [6.45, 7) is 0.524. The Balaban J connectivity index is 2.29. The number of carbonyl (C=O) groups is 1. The first-order valence-electron chi connectivity index (χ1n) is 6.18. The molecule has 0 saturated carbocycles. The van der Waals surface area contributed by atoms with Crippen molar-refractivity contribution in [1.82, 2.24) is 0 Å². The van der Waals surface area contributed by atoms with Crippen LogP contribution in [0.1, 0.15) is 11.1 Å². The highest BCUT2D eigenvalue weighted by atomic mass is 16.5. The maximum Gasteiger partial charge on any atom is 0.309 e. The number of carbonyl (C=O) groups excluding carboxylic acids is 1. The topological polar surface area (TPSA) is 52.3 Å². The van der Waals surface area contributed by atoms with Gasteiger partial charge in [-0.2, -0.15) is 0 Å². The third-order valence-corrected chi connectivity index (χ3v) is 3.00. The second-order valence-corrected chi connectivity index (χ2v) is 4.36. The van der Waals surface area contributed by atoms with Gasteiger partial charge in [-0.3, -0.25) is 4.79 Å². The van der Waals surface area contributed by atoms with Crippen molar-refractivity contribution in [2.75, 3.05) is 7.11 Å². The van der Waals surface area contributed by atoms with Crippen LogP contribution in [-0.2, 0) is 22.5 Å². The van der Waals surface area contributed by atoms with Crippen molar-refractivity contribution >= 4 is 5.97 Å². The summed E-state index contributed by atoms with van der Waals surface area (Å²) in [5, 5.41) is 0. The number of benzene rings is 2. The number of ether oxygens (including phenoxy) is 1. The van der Waals surface area contributed by atoms with Gasteiger partial charge in [0.05, 0.1) is 13.5 Å². The lowest BCUT2D eigenvalue weighted by Crippen LogP contribution is -2.04. The van der Waals surface area contributed by atoms with Crippen LogP contribution in [0.15, 0.2) is 48.5 Å². The minimum Gasteiger partial charge on any atom is -0.469 e. The molecule has 2 N–H and O–H groups in total. The van der Waals surface area contributed by atoms with Crippen LogP contribution < -0.4 is 5.73 Å². The number of nitrogens with two attached hydrogens (primary N) is 1. The van der Waals surface area contributed by atoms with E-state index >= 15 is 0 Å². The zero-order chi connectivity index (χ0) is 13.7. The molecular weight excluding hydrogens is 238 g/mol. The van der Waals surface area contributed by atoms with E-state index in [0.717, 1.165) is 22.3 Å². The Bertz CT molecular complexity index is 578. The minimum atomic E-state index is -0.229. The van der Waals surface area contributed by atoms with E-state index in [9.17, 15) is 4.79 Å². The summed E-state index contributed by atoms with van der Waals surface area (Å²) in [7, 11) is 1.40. The Kier molecular flexibility index (Phi) is 4.31. The van der Waals surface area contributed by atoms with Gasteiger partial charge < -0.3 is 10.5 Å². The lowest BCUT2D eigenvalue weighted by atomic mass is 10.00. The van der Waals surface area contributed by atoms with Gasteiger partial charge in [0.1, 0.15) is 0 Å². The number of esters is 1. The first-order chi connectivity index (χ1) is 9.22. The van der Waals surface area contributed by atoms with E-state index in [1.807, 2.05) is 42.5 Å². The summed E-state index contributed by atoms with van der Waals surface area (Å²) in [6.07, 6.45) is 0.293. The van der Waals surface area contributed by atoms with Gasteiger partial charge in [-0.15, -0.1) is 0 Å². The molecule has 0 spiro atoms. The molecule has 2 rings (SSSR count). The van der Waals surface area contributed by atoms with Crippen molar-refractivity contribution in [2.24, 2.45) is 5.73 Å². The monoisotopic (exact) mass is 255 g/mol. The van der Waals surface area contributed by atoms with E-state index in [2.05, 4.69) is 10.8 Å². The maximum absolute atomic E-state index is 11.3. The van der Waals surface area contributed by atoms with Crippen molar-refractivity contribution in [3.63, 3.8) is 0 Å².